The number of aromatic amines is 1. The molecule has 198 valence electrons. The Morgan fingerprint density at radius 2 is 2.03 bits per heavy atom. The van der Waals surface area contributed by atoms with Crippen molar-refractivity contribution in [2.45, 2.75) is 38.8 Å². The number of carbonyl (C=O) groups is 3. The quantitative estimate of drug-likeness (QED) is 0.220. The Hall–Kier alpha value is -3.75. The van der Waals surface area contributed by atoms with Crippen molar-refractivity contribution in [3.8, 4) is 5.75 Å². The van der Waals surface area contributed by atoms with Crippen molar-refractivity contribution < 1.29 is 23.5 Å². The van der Waals surface area contributed by atoms with E-state index in [1.54, 1.807) is 29.3 Å². The van der Waals surface area contributed by atoms with Gasteiger partial charge in [0.1, 0.15) is 17.4 Å². The average Bonchev–Trinajstić information content (AvgIpc) is 3.29. The van der Waals surface area contributed by atoms with E-state index in [4.69, 9.17) is 4.74 Å². The van der Waals surface area contributed by atoms with E-state index < -0.39 is 17.9 Å². The molecule has 0 aromatic carbocycles. The van der Waals surface area contributed by atoms with Gasteiger partial charge in [0.2, 0.25) is 0 Å². The number of rotatable bonds is 10. The van der Waals surface area contributed by atoms with E-state index in [0.717, 1.165) is 19.3 Å². The SMILES string of the molecule is C=C/C=C(\C/C=C\C(C)F)CC1CCN(C(=O)c2nc3c(C(=O)C(=O)N(C)C)[nH]cc3cc2OC)CC1. The molecule has 2 amide bonds. The second kappa shape index (κ2) is 12.5. The molecule has 37 heavy (non-hydrogen) atoms. The molecule has 1 unspecified atom stereocenters. The number of ether oxygens (including phenoxy) is 1. The number of hydrogen-bond donors (Lipinski definition) is 1. The van der Waals surface area contributed by atoms with Crippen LogP contribution in [0.3, 0.4) is 0 Å². The summed E-state index contributed by atoms with van der Waals surface area (Å²) in [4.78, 5) is 48.6. The molecule has 0 radical (unpaired) electrons. The zero-order valence-corrected chi connectivity index (χ0v) is 21.9. The molecular formula is C28H35FN4O4. The highest BCUT2D eigenvalue weighted by atomic mass is 19.1. The summed E-state index contributed by atoms with van der Waals surface area (Å²) < 4.78 is 18.5. The summed E-state index contributed by atoms with van der Waals surface area (Å²) in [6.07, 6.45) is 10.9. The normalized spacial score (nSPS) is 15.7. The molecule has 2 aromatic rings. The third-order valence-electron chi connectivity index (χ3n) is 6.46. The largest absolute Gasteiger partial charge is 0.494 e. The molecule has 2 aromatic heterocycles. The maximum Gasteiger partial charge on any atom is 0.296 e. The average molecular weight is 511 g/mol. The Morgan fingerprint density at radius 1 is 1.32 bits per heavy atom. The Morgan fingerprint density at radius 3 is 2.62 bits per heavy atom. The molecular weight excluding hydrogens is 475 g/mol. The monoisotopic (exact) mass is 510 g/mol. The predicted molar refractivity (Wildman–Crippen MR) is 142 cm³/mol. The number of alkyl halides is 1. The first-order valence-electron chi connectivity index (χ1n) is 12.4. The van der Waals surface area contributed by atoms with E-state index in [2.05, 4.69) is 16.5 Å². The maximum absolute atomic E-state index is 13.4. The molecule has 0 aliphatic carbocycles. The molecule has 1 fully saturated rings. The van der Waals surface area contributed by atoms with Gasteiger partial charge in [0.05, 0.1) is 7.11 Å². The van der Waals surface area contributed by atoms with Crippen molar-refractivity contribution in [3.05, 3.63) is 60.1 Å². The zero-order valence-electron chi connectivity index (χ0n) is 21.9. The van der Waals surface area contributed by atoms with Gasteiger partial charge in [-0.3, -0.25) is 14.4 Å². The Labute approximate surface area is 216 Å². The number of nitrogens with zero attached hydrogens (tertiary/aromatic N) is 3. The minimum atomic E-state index is -0.974. The van der Waals surface area contributed by atoms with Crippen molar-refractivity contribution >= 4 is 28.5 Å². The summed E-state index contributed by atoms with van der Waals surface area (Å²) in [6, 6.07) is 1.65. The second-order valence-electron chi connectivity index (χ2n) is 9.48. The number of likely N-dealkylation sites (tertiary alicyclic amines) is 1. The van der Waals surface area contributed by atoms with Crippen molar-refractivity contribution in [2.24, 2.45) is 5.92 Å². The molecule has 1 aliphatic heterocycles. The van der Waals surface area contributed by atoms with Crippen molar-refractivity contribution in [1.82, 2.24) is 19.8 Å². The zero-order chi connectivity index (χ0) is 27.1. The van der Waals surface area contributed by atoms with Crippen LogP contribution in [0, 0.1) is 5.92 Å². The fourth-order valence-corrected chi connectivity index (χ4v) is 4.48. The van der Waals surface area contributed by atoms with Gasteiger partial charge in [-0.05, 0) is 44.6 Å². The minimum Gasteiger partial charge on any atom is -0.494 e. The number of ketones is 1. The molecule has 0 saturated carbocycles. The number of methoxy groups -OCH3 is 1. The first-order valence-corrected chi connectivity index (χ1v) is 12.4. The topological polar surface area (TPSA) is 95.6 Å². The van der Waals surface area contributed by atoms with Crippen molar-refractivity contribution in [3.63, 3.8) is 0 Å². The number of likely N-dealkylation sites (N-methyl/N-ethyl adjacent to an activating group) is 1. The molecule has 9 heteroatoms. The first-order chi connectivity index (χ1) is 17.7. The minimum absolute atomic E-state index is 0.0434. The number of Topliss-reactive ketones (excluding diaryl/α,β-unsaturated/α-hetero) is 1. The van der Waals surface area contributed by atoms with Crippen LogP contribution >= 0.6 is 0 Å². The van der Waals surface area contributed by atoms with Gasteiger partial charge in [-0.1, -0.05) is 36.5 Å². The number of amides is 2. The van der Waals surface area contributed by atoms with Crippen LogP contribution in [-0.2, 0) is 4.79 Å². The number of pyridine rings is 1. The van der Waals surface area contributed by atoms with Crippen LogP contribution in [0.5, 0.6) is 5.75 Å². The Bertz CT molecular complexity index is 1220. The number of piperidine rings is 1. The summed E-state index contributed by atoms with van der Waals surface area (Å²) in [5.41, 5.74) is 1.59. The lowest BCUT2D eigenvalue weighted by Crippen LogP contribution is -2.39. The number of halogens is 1. The molecule has 0 spiro atoms. The highest BCUT2D eigenvalue weighted by Crippen LogP contribution is 2.30. The van der Waals surface area contributed by atoms with Crippen LogP contribution in [-0.4, -0.2) is 77.8 Å². The van der Waals surface area contributed by atoms with Crippen molar-refractivity contribution in [1.29, 1.82) is 0 Å². The number of aromatic nitrogens is 2. The van der Waals surface area contributed by atoms with E-state index in [1.165, 1.54) is 38.6 Å². The number of allylic oxidation sites excluding steroid dienone is 5. The van der Waals surface area contributed by atoms with Gasteiger partial charge < -0.3 is 19.5 Å². The highest BCUT2D eigenvalue weighted by molar-refractivity contribution is 6.44. The van der Waals surface area contributed by atoms with Crippen LogP contribution in [0.25, 0.3) is 10.9 Å². The number of carbonyl (C=O) groups excluding carboxylic acids is 3. The lowest BCUT2D eigenvalue weighted by atomic mass is 9.88. The summed E-state index contributed by atoms with van der Waals surface area (Å²) in [7, 11) is 4.46. The third-order valence-corrected chi connectivity index (χ3v) is 6.46. The standard InChI is InChI=1S/C28H35FN4O4/c1-6-8-19(10-7-9-18(2)29)15-20-11-13-33(14-12-20)27(35)24-22(37-5)16-21-17-30-25(23(21)31-24)26(34)28(36)32(3)4/h6-9,16-18,20,30H,1,10-15H2,2-5H3/b9-7-,19-8+. The van der Waals surface area contributed by atoms with Crippen LogP contribution in [0.2, 0.25) is 0 Å². The molecule has 0 bridgehead atoms. The van der Waals surface area contributed by atoms with E-state index in [0.29, 0.717) is 36.6 Å². The van der Waals surface area contributed by atoms with Crippen LogP contribution in [0.15, 0.2) is 48.7 Å². The fraction of sp³-hybridized carbons (Fsp3) is 0.429. The van der Waals surface area contributed by atoms with Crippen LogP contribution in [0.4, 0.5) is 4.39 Å². The third kappa shape index (κ3) is 6.72. The fourth-order valence-electron chi connectivity index (χ4n) is 4.48. The van der Waals surface area contributed by atoms with E-state index in [-0.39, 0.29) is 22.8 Å². The maximum atomic E-state index is 13.4. The van der Waals surface area contributed by atoms with E-state index >= 15 is 0 Å². The highest BCUT2D eigenvalue weighted by Gasteiger charge is 2.29. The van der Waals surface area contributed by atoms with Gasteiger partial charge in [0.15, 0.2) is 11.4 Å². The van der Waals surface area contributed by atoms with Gasteiger partial charge >= 0.3 is 0 Å². The van der Waals surface area contributed by atoms with Gasteiger partial charge in [-0.2, -0.15) is 0 Å². The molecule has 3 rings (SSSR count). The number of hydrogen-bond acceptors (Lipinski definition) is 5. The van der Waals surface area contributed by atoms with E-state index in [1.807, 2.05) is 12.2 Å². The predicted octanol–water partition coefficient (Wildman–Crippen LogP) is 4.50. The summed E-state index contributed by atoms with van der Waals surface area (Å²) in [5.74, 6) is -0.985. The summed E-state index contributed by atoms with van der Waals surface area (Å²) >= 11 is 0. The van der Waals surface area contributed by atoms with Crippen LogP contribution < -0.4 is 4.74 Å². The Balaban J connectivity index is 1.75. The molecule has 1 N–H and O–H groups in total. The van der Waals surface area contributed by atoms with Gasteiger partial charge in [0.25, 0.3) is 17.6 Å². The first kappa shape index (κ1) is 27.8. The van der Waals surface area contributed by atoms with Gasteiger partial charge in [0, 0.05) is 38.8 Å². The molecule has 1 aliphatic rings. The molecule has 3 heterocycles. The molecule has 8 nitrogen and oxygen atoms in total. The van der Waals surface area contributed by atoms with Crippen molar-refractivity contribution in [2.75, 3.05) is 34.3 Å². The Kier molecular flexibility index (Phi) is 9.38. The lowest BCUT2D eigenvalue weighted by Gasteiger charge is -2.32. The summed E-state index contributed by atoms with van der Waals surface area (Å²) in [6.45, 7) is 6.40. The second-order valence-corrected chi connectivity index (χ2v) is 9.48. The number of H-pyrrole nitrogens is 1. The summed E-state index contributed by atoms with van der Waals surface area (Å²) in [5, 5.41) is 0.569. The van der Waals surface area contributed by atoms with E-state index in [9.17, 15) is 18.8 Å². The smallest absolute Gasteiger partial charge is 0.296 e. The lowest BCUT2D eigenvalue weighted by molar-refractivity contribution is -0.124. The molecule has 1 atom stereocenters. The molecule has 1 saturated heterocycles. The van der Waals surface area contributed by atoms with Gasteiger partial charge in [-0.25, -0.2) is 9.37 Å². The number of nitrogens with one attached hydrogen (secondary N) is 1. The van der Waals surface area contributed by atoms with Gasteiger partial charge in [-0.15, -0.1) is 0 Å². The number of fused-ring (bicyclic) bond motifs is 1. The van der Waals surface area contributed by atoms with Crippen LogP contribution in [0.1, 0.15) is 53.6 Å².